The lowest BCUT2D eigenvalue weighted by atomic mass is 10.1. The predicted molar refractivity (Wildman–Crippen MR) is 89.7 cm³/mol. The molecule has 0 N–H and O–H groups in total. The van der Waals surface area contributed by atoms with E-state index in [1.54, 1.807) is 0 Å². The third kappa shape index (κ3) is 6.00. The fraction of sp³-hybridized carbons (Fsp3) is 0.526. The quantitative estimate of drug-likeness (QED) is 0.583. The van der Waals surface area contributed by atoms with Crippen molar-refractivity contribution in [2.24, 2.45) is 0 Å². The van der Waals surface area contributed by atoms with Gasteiger partial charge in [0.05, 0.1) is 0 Å². The van der Waals surface area contributed by atoms with E-state index in [0.29, 0.717) is 0 Å². The minimum atomic E-state index is 0.750. The smallest absolute Gasteiger partial charge is 0.226 e. The van der Waals surface area contributed by atoms with E-state index in [0.717, 1.165) is 43.0 Å². The summed E-state index contributed by atoms with van der Waals surface area (Å²) in [6.45, 7) is 6.14. The van der Waals surface area contributed by atoms with Crippen molar-refractivity contribution in [3.8, 4) is 0 Å². The summed E-state index contributed by atoms with van der Waals surface area (Å²) in [5.74, 6) is 1.61. The van der Waals surface area contributed by atoms with Gasteiger partial charge in [0, 0.05) is 12.8 Å². The summed E-state index contributed by atoms with van der Waals surface area (Å²) in [5.41, 5.74) is 2.32. The van der Waals surface area contributed by atoms with E-state index in [4.69, 9.17) is 4.52 Å². The first-order valence-corrected chi connectivity index (χ1v) is 8.50. The minimum Gasteiger partial charge on any atom is -0.339 e. The van der Waals surface area contributed by atoms with Crippen LogP contribution in [0.15, 0.2) is 28.8 Å². The van der Waals surface area contributed by atoms with Crippen LogP contribution >= 0.6 is 0 Å². The zero-order valence-electron chi connectivity index (χ0n) is 13.7. The number of aromatic nitrogens is 2. The third-order valence-corrected chi connectivity index (χ3v) is 3.91. The molecule has 1 aromatic carbocycles. The van der Waals surface area contributed by atoms with Gasteiger partial charge in [0.25, 0.3) is 0 Å². The van der Waals surface area contributed by atoms with E-state index >= 15 is 0 Å². The van der Waals surface area contributed by atoms with Crippen LogP contribution < -0.4 is 0 Å². The highest BCUT2D eigenvalue weighted by Crippen LogP contribution is 2.10. The lowest BCUT2D eigenvalue weighted by Gasteiger charge is -1.99. The first-order chi connectivity index (χ1) is 10.8. The normalized spacial score (nSPS) is 11.0. The Morgan fingerprint density at radius 1 is 0.909 bits per heavy atom. The Labute approximate surface area is 134 Å². The topological polar surface area (TPSA) is 38.9 Å². The van der Waals surface area contributed by atoms with Crippen LogP contribution in [-0.4, -0.2) is 10.1 Å². The van der Waals surface area contributed by atoms with E-state index in [1.165, 1.54) is 37.7 Å². The third-order valence-electron chi connectivity index (χ3n) is 3.91. The molecule has 2 aromatic rings. The average Bonchev–Trinajstić information content (AvgIpc) is 2.98. The van der Waals surface area contributed by atoms with Crippen molar-refractivity contribution < 1.29 is 4.52 Å². The van der Waals surface area contributed by atoms with Gasteiger partial charge in [-0.2, -0.15) is 4.98 Å². The van der Waals surface area contributed by atoms with Gasteiger partial charge in [-0.05, 0) is 30.9 Å². The molecule has 0 aliphatic rings. The molecule has 0 saturated carbocycles. The zero-order valence-corrected chi connectivity index (χ0v) is 13.7. The summed E-state index contributed by atoms with van der Waals surface area (Å²) < 4.78 is 5.33. The molecule has 3 heteroatoms. The largest absolute Gasteiger partial charge is 0.339 e. The summed E-state index contributed by atoms with van der Waals surface area (Å²) >= 11 is 0. The highest BCUT2D eigenvalue weighted by Gasteiger charge is 2.06. The van der Waals surface area contributed by atoms with E-state index in [-0.39, 0.29) is 0 Å². The van der Waals surface area contributed by atoms with Crippen molar-refractivity contribution in [2.75, 3.05) is 0 Å². The Bertz CT molecular complexity index is 531. The van der Waals surface area contributed by atoms with Crippen LogP contribution in [0.5, 0.6) is 0 Å². The molecule has 0 aliphatic carbocycles. The molecular formula is C19H27N2O. The van der Waals surface area contributed by atoms with Gasteiger partial charge in [-0.25, -0.2) is 0 Å². The van der Waals surface area contributed by atoms with E-state index in [9.17, 15) is 0 Å². The summed E-state index contributed by atoms with van der Waals surface area (Å²) in [5, 5.41) is 4.08. The summed E-state index contributed by atoms with van der Waals surface area (Å²) in [7, 11) is 0. The molecule has 2 rings (SSSR count). The number of benzene rings is 1. The lowest BCUT2D eigenvalue weighted by Crippen LogP contribution is -1.93. The Kier molecular flexibility index (Phi) is 7.14. The van der Waals surface area contributed by atoms with Gasteiger partial charge in [-0.3, -0.25) is 0 Å². The van der Waals surface area contributed by atoms with E-state index in [1.807, 2.05) is 12.1 Å². The van der Waals surface area contributed by atoms with Gasteiger partial charge in [0.1, 0.15) is 0 Å². The fourth-order valence-corrected chi connectivity index (χ4v) is 2.51. The first kappa shape index (κ1) is 16.7. The first-order valence-electron chi connectivity index (χ1n) is 8.50. The van der Waals surface area contributed by atoms with Crippen molar-refractivity contribution in [3.05, 3.63) is 54.0 Å². The van der Waals surface area contributed by atoms with Crippen LogP contribution in [0.1, 0.15) is 68.3 Å². The molecule has 0 atom stereocenters. The van der Waals surface area contributed by atoms with Crippen LogP contribution in [0.4, 0.5) is 0 Å². The highest BCUT2D eigenvalue weighted by molar-refractivity contribution is 5.24. The molecule has 0 amide bonds. The van der Waals surface area contributed by atoms with Crippen molar-refractivity contribution >= 4 is 0 Å². The molecule has 0 aliphatic heterocycles. The van der Waals surface area contributed by atoms with Gasteiger partial charge in [0.2, 0.25) is 5.89 Å². The maximum absolute atomic E-state index is 5.33. The fourth-order valence-electron chi connectivity index (χ4n) is 2.51. The molecule has 119 valence electrons. The molecule has 0 fully saturated rings. The van der Waals surface area contributed by atoms with Gasteiger partial charge >= 0.3 is 0 Å². The molecule has 1 heterocycles. The monoisotopic (exact) mass is 299 g/mol. The van der Waals surface area contributed by atoms with Crippen molar-refractivity contribution in [1.82, 2.24) is 10.1 Å². The molecule has 1 aromatic heterocycles. The second-order valence-electron chi connectivity index (χ2n) is 5.94. The number of nitrogens with zero attached hydrogens (tertiary/aromatic N) is 2. The van der Waals surface area contributed by atoms with E-state index < -0.39 is 0 Å². The second-order valence-corrected chi connectivity index (χ2v) is 5.94. The second kappa shape index (κ2) is 9.39. The predicted octanol–water partition coefficient (Wildman–Crippen LogP) is 4.94. The Morgan fingerprint density at radius 2 is 1.64 bits per heavy atom. The van der Waals surface area contributed by atoms with Gasteiger partial charge in [0.15, 0.2) is 5.82 Å². The zero-order chi connectivity index (χ0) is 15.6. The summed E-state index contributed by atoms with van der Waals surface area (Å²) in [6, 6.07) is 8.28. The van der Waals surface area contributed by atoms with Crippen LogP contribution in [0.3, 0.4) is 0 Å². The van der Waals surface area contributed by atoms with Gasteiger partial charge < -0.3 is 4.52 Å². The number of hydrogen-bond acceptors (Lipinski definition) is 3. The van der Waals surface area contributed by atoms with Crippen LogP contribution in [0.2, 0.25) is 0 Å². The highest BCUT2D eigenvalue weighted by atomic mass is 16.5. The number of aryl methyl sites for hydroxylation is 3. The molecule has 0 bridgehead atoms. The lowest BCUT2D eigenvalue weighted by molar-refractivity contribution is 0.372. The van der Waals surface area contributed by atoms with Crippen LogP contribution in [-0.2, 0) is 19.3 Å². The van der Waals surface area contributed by atoms with Crippen molar-refractivity contribution in [3.63, 3.8) is 0 Å². The number of rotatable bonds is 10. The summed E-state index contributed by atoms with van der Waals surface area (Å²) in [4.78, 5) is 4.49. The molecule has 3 nitrogen and oxygen atoms in total. The SMILES string of the molecule is [CH2]c1ccc(CCc2nc(CCCCCCCC)no2)cc1. The average molecular weight is 299 g/mol. The maximum Gasteiger partial charge on any atom is 0.226 e. The molecule has 22 heavy (non-hydrogen) atoms. The van der Waals surface area contributed by atoms with Crippen molar-refractivity contribution in [1.29, 1.82) is 0 Å². The molecular weight excluding hydrogens is 272 g/mol. The van der Waals surface area contributed by atoms with Gasteiger partial charge in [-0.1, -0.05) is 68.4 Å². The number of hydrogen-bond donors (Lipinski definition) is 0. The number of unbranched alkanes of at least 4 members (excludes halogenated alkanes) is 5. The van der Waals surface area contributed by atoms with Crippen molar-refractivity contribution in [2.45, 2.75) is 64.7 Å². The standard InChI is InChI=1S/C19H27N2O/c1-3-4-5-6-7-8-9-18-20-19(22-21-18)15-14-17-12-10-16(2)11-13-17/h10-13H,2-9,14-15H2,1H3. The van der Waals surface area contributed by atoms with E-state index in [2.05, 4.69) is 36.1 Å². The Balaban J connectivity index is 1.66. The van der Waals surface area contributed by atoms with Crippen LogP contribution in [0.25, 0.3) is 0 Å². The Hall–Kier alpha value is -1.64. The van der Waals surface area contributed by atoms with Gasteiger partial charge in [-0.15, -0.1) is 0 Å². The molecule has 0 spiro atoms. The minimum absolute atomic E-state index is 0.750. The molecule has 0 saturated heterocycles. The molecule has 0 unspecified atom stereocenters. The summed E-state index contributed by atoms with van der Waals surface area (Å²) in [6.07, 6.45) is 10.4. The Morgan fingerprint density at radius 3 is 2.41 bits per heavy atom. The maximum atomic E-state index is 5.33. The molecule has 1 radical (unpaired) electrons. The van der Waals surface area contributed by atoms with Crippen LogP contribution in [0, 0.1) is 6.92 Å².